The van der Waals surface area contributed by atoms with E-state index in [4.69, 9.17) is 11.1 Å². The number of nitrogens with one attached hydrogen (secondary N) is 3. The van der Waals surface area contributed by atoms with Crippen LogP contribution in [0.25, 0.3) is 11.1 Å². The Hall–Kier alpha value is -4.17. The van der Waals surface area contributed by atoms with Gasteiger partial charge >= 0.3 is 6.18 Å². The highest BCUT2D eigenvalue weighted by molar-refractivity contribution is 7.10. The number of amides is 2. The highest BCUT2D eigenvalue weighted by Crippen LogP contribution is 2.50. The highest BCUT2D eigenvalue weighted by atomic mass is 32.1. The topological polar surface area (TPSA) is 128 Å². The van der Waals surface area contributed by atoms with E-state index in [9.17, 15) is 36.3 Å². The van der Waals surface area contributed by atoms with Crippen LogP contribution in [-0.2, 0) is 15.5 Å². The number of nitrogens with two attached hydrogens (primary N) is 1. The average molecular weight is 666 g/mol. The molecule has 3 atom stereocenters. The fourth-order valence-corrected chi connectivity index (χ4v) is 6.06. The molecule has 2 fully saturated rings. The van der Waals surface area contributed by atoms with Crippen molar-refractivity contribution in [2.24, 2.45) is 11.7 Å². The predicted octanol–water partition coefficient (Wildman–Crippen LogP) is 5.85. The number of likely N-dealkylation sites (tertiary alicyclic amines) is 1. The summed E-state index contributed by atoms with van der Waals surface area (Å²) >= 11 is 1.48. The molecule has 8 nitrogen and oxygen atoms in total. The van der Waals surface area contributed by atoms with Gasteiger partial charge in [-0.05, 0) is 56.0 Å². The van der Waals surface area contributed by atoms with Crippen LogP contribution in [0.3, 0.4) is 0 Å². The Morgan fingerprint density at radius 2 is 1.80 bits per heavy atom. The van der Waals surface area contributed by atoms with Gasteiger partial charge in [0, 0.05) is 52.0 Å². The Morgan fingerprint density at radius 1 is 1.15 bits per heavy atom. The Balaban J connectivity index is 0.000000179. The molecule has 0 bridgehead atoms. The van der Waals surface area contributed by atoms with Crippen LogP contribution in [0, 0.1) is 11.3 Å². The maximum atomic E-state index is 14.1. The van der Waals surface area contributed by atoms with Crippen molar-refractivity contribution in [3.8, 4) is 11.1 Å². The van der Waals surface area contributed by atoms with Crippen LogP contribution in [0.1, 0.15) is 64.7 Å². The second-order valence-corrected chi connectivity index (χ2v) is 11.9. The number of benzene rings is 2. The van der Waals surface area contributed by atoms with E-state index in [1.54, 1.807) is 23.6 Å². The number of halogens is 5. The van der Waals surface area contributed by atoms with E-state index in [1.807, 2.05) is 24.9 Å². The molecule has 248 valence electrons. The van der Waals surface area contributed by atoms with Crippen molar-refractivity contribution in [1.29, 1.82) is 5.41 Å². The third-order valence-electron chi connectivity index (χ3n) is 7.42. The van der Waals surface area contributed by atoms with E-state index in [1.165, 1.54) is 48.4 Å². The van der Waals surface area contributed by atoms with Gasteiger partial charge in [-0.3, -0.25) is 19.8 Å². The van der Waals surface area contributed by atoms with Crippen LogP contribution in [0.2, 0.25) is 0 Å². The maximum Gasteiger partial charge on any atom is 0.386 e. The molecule has 14 heteroatoms. The summed E-state index contributed by atoms with van der Waals surface area (Å²) in [4.78, 5) is 35.2. The van der Waals surface area contributed by atoms with Crippen molar-refractivity contribution in [2.45, 2.75) is 50.9 Å². The third kappa shape index (κ3) is 9.42. The number of hydrogen-bond acceptors (Lipinski definition) is 6. The largest absolute Gasteiger partial charge is 0.386 e. The molecular weight excluding hydrogens is 629 g/mol. The Morgan fingerprint density at radius 3 is 2.33 bits per heavy atom. The van der Waals surface area contributed by atoms with Crippen molar-refractivity contribution in [3.05, 3.63) is 81.0 Å². The van der Waals surface area contributed by atoms with Gasteiger partial charge in [-0.2, -0.15) is 22.0 Å². The van der Waals surface area contributed by atoms with Gasteiger partial charge in [0.05, 0.1) is 12.6 Å². The molecule has 3 aliphatic rings. The van der Waals surface area contributed by atoms with E-state index in [0.717, 1.165) is 17.3 Å². The average Bonchev–Trinajstić information content (AvgIpc) is 3.31. The van der Waals surface area contributed by atoms with Gasteiger partial charge in [0.25, 0.3) is 5.92 Å². The number of hydrogen-bond donors (Lipinski definition) is 4. The summed E-state index contributed by atoms with van der Waals surface area (Å²) in [5, 5.41) is 14.5. The standard InChI is InChI=1S/C14H8F2O.C8H11N3OS.C8H14N2O.C2H3F3/c15-14(16)12-4-2-1-3-10(12)11-7-9(8-17)5-6-13(11)14;1-5(11-4-12)7-2-6(3-13-7)8(9)10;1-9-5-8(11)10-3-2-6-4-7(6)10;1-2(3,4)5/h1-8H;2-5H,1H3,(H3,9,10)(H,11,12);6-7,9H,2-5H2,1H3;1H3/t;5-;;/m.1../s1. The number of nitrogen functional groups attached to an aromatic ring is 1. The number of carbonyl (C=O) groups excluding carboxylic acids is 3. The SMILES string of the molecule is CC(F)(F)F.CNCC(=O)N1CCC2CC21.C[C@@H](NC=O)c1cc(C(=N)N)cs1.O=Cc1ccc2c(c1)-c1ccccc1C2(F)F. The predicted molar refractivity (Wildman–Crippen MR) is 167 cm³/mol. The second kappa shape index (κ2) is 15.4. The lowest BCUT2D eigenvalue weighted by molar-refractivity contribution is -0.130. The lowest BCUT2D eigenvalue weighted by Gasteiger charge is -2.17. The molecule has 0 spiro atoms. The lowest BCUT2D eigenvalue weighted by Crippen LogP contribution is -2.37. The zero-order valence-electron chi connectivity index (χ0n) is 25.5. The molecule has 2 aliphatic carbocycles. The number of carbonyl (C=O) groups is 3. The number of thiophene rings is 1. The van der Waals surface area contributed by atoms with Crippen LogP contribution in [0.4, 0.5) is 22.0 Å². The number of fused-ring (bicyclic) bond motifs is 4. The van der Waals surface area contributed by atoms with E-state index in [0.29, 0.717) is 47.5 Å². The summed E-state index contributed by atoms with van der Waals surface area (Å²) in [5.74, 6) is -1.78. The lowest BCUT2D eigenvalue weighted by atomic mass is 10.0. The molecule has 1 saturated heterocycles. The molecule has 2 unspecified atom stereocenters. The second-order valence-electron chi connectivity index (χ2n) is 11.0. The van der Waals surface area contributed by atoms with E-state index in [-0.39, 0.29) is 35.8 Å². The van der Waals surface area contributed by atoms with Crippen molar-refractivity contribution < 1.29 is 36.3 Å². The van der Waals surface area contributed by atoms with Gasteiger partial charge < -0.3 is 21.3 Å². The molecule has 1 aromatic heterocycles. The maximum absolute atomic E-state index is 14.1. The van der Waals surface area contributed by atoms with Crippen LogP contribution in [0.15, 0.2) is 53.9 Å². The number of amidine groups is 1. The fourth-order valence-electron chi connectivity index (χ4n) is 5.13. The number of rotatable bonds is 7. The Kier molecular flexibility index (Phi) is 12.2. The van der Waals surface area contributed by atoms with Crippen molar-refractivity contribution in [2.75, 3.05) is 20.1 Å². The number of alkyl halides is 5. The van der Waals surface area contributed by atoms with E-state index >= 15 is 0 Å². The first-order valence-corrected chi connectivity index (χ1v) is 15.2. The summed E-state index contributed by atoms with van der Waals surface area (Å²) in [5.41, 5.74) is 7.37. The molecule has 3 aromatic rings. The highest BCUT2D eigenvalue weighted by Gasteiger charge is 2.48. The first kappa shape index (κ1) is 36.3. The minimum absolute atomic E-state index is 0.0121. The van der Waals surface area contributed by atoms with E-state index < -0.39 is 12.1 Å². The van der Waals surface area contributed by atoms with Crippen molar-refractivity contribution in [1.82, 2.24) is 15.5 Å². The molecule has 5 N–H and O–H groups in total. The van der Waals surface area contributed by atoms with Crippen LogP contribution >= 0.6 is 11.3 Å². The van der Waals surface area contributed by atoms with Crippen molar-refractivity contribution >= 4 is 35.8 Å². The van der Waals surface area contributed by atoms with Gasteiger partial charge in [0.1, 0.15) is 12.1 Å². The van der Waals surface area contributed by atoms with Crippen LogP contribution in [-0.4, -0.2) is 61.7 Å². The first-order chi connectivity index (χ1) is 21.6. The number of piperidine rings is 1. The molecular formula is C32H36F5N5O3S. The summed E-state index contributed by atoms with van der Waals surface area (Å²) in [6.07, 6.45) is -0.174. The molecule has 0 radical (unpaired) electrons. The molecule has 46 heavy (non-hydrogen) atoms. The molecule has 1 aliphatic heterocycles. The first-order valence-electron chi connectivity index (χ1n) is 14.3. The van der Waals surface area contributed by atoms with Gasteiger partial charge in [-0.1, -0.05) is 36.4 Å². The van der Waals surface area contributed by atoms with Crippen LogP contribution in [0.5, 0.6) is 0 Å². The normalized spacial score (nSPS) is 18.4. The van der Waals surface area contributed by atoms with Gasteiger partial charge in [-0.15, -0.1) is 11.3 Å². The smallest absolute Gasteiger partial charge is 0.384 e. The Bertz CT molecular complexity index is 1540. The van der Waals surface area contributed by atoms with Gasteiger partial charge in [0.2, 0.25) is 12.3 Å². The van der Waals surface area contributed by atoms with Gasteiger partial charge in [-0.25, -0.2) is 0 Å². The summed E-state index contributed by atoms with van der Waals surface area (Å²) in [6, 6.07) is 13.1. The zero-order valence-corrected chi connectivity index (χ0v) is 26.3. The monoisotopic (exact) mass is 665 g/mol. The zero-order chi connectivity index (χ0) is 34.2. The van der Waals surface area contributed by atoms with E-state index in [2.05, 4.69) is 10.6 Å². The number of likely N-dealkylation sites (N-methyl/N-ethyl adjacent to an activating group) is 1. The molecule has 6 rings (SSSR count). The molecule has 2 amide bonds. The minimum Gasteiger partial charge on any atom is -0.384 e. The van der Waals surface area contributed by atoms with Crippen molar-refractivity contribution in [3.63, 3.8) is 0 Å². The Labute approximate surface area is 267 Å². The summed E-state index contributed by atoms with van der Waals surface area (Å²) in [7, 11) is 1.82. The number of aldehydes is 1. The molecule has 2 heterocycles. The fraction of sp³-hybridized carbons (Fsp3) is 0.375. The van der Waals surface area contributed by atoms with Gasteiger partial charge in [0.15, 0.2) is 0 Å². The quantitative estimate of drug-likeness (QED) is 0.109. The third-order valence-corrected chi connectivity index (χ3v) is 8.54. The number of nitrogens with zero attached hydrogens (tertiary/aromatic N) is 1. The molecule has 2 aromatic carbocycles. The summed E-state index contributed by atoms with van der Waals surface area (Å²) in [6.45, 7) is 3.57. The minimum atomic E-state index is -4.00. The summed E-state index contributed by atoms with van der Waals surface area (Å²) < 4.78 is 59.2. The molecule has 1 saturated carbocycles. The van der Waals surface area contributed by atoms with Crippen LogP contribution < -0.4 is 16.4 Å².